The number of nitrogens with zero attached hydrogens (tertiary/aromatic N) is 2. The summed E-state index contributed by atoms with van der Waals surface area (Å²) >= 11 is 5.48. The number of amides is 1. The van der Waals surface area contributed by atoms with Gasteiger partial charge < -0.3 is 25.0 Å². The summed E-state index contributed by atoms with van der Waals surface area (Å²) in [6.45, 7) is 0.981. The van der Waals surface area contributed by atoms with Crippen molar-refractivity contribution in [3.05, 3.63) is 59.4 Å². The molecule has 0 radical (unpaired) electrons. The van der Waals surface area contributed by atoms with Crippen LogP contribution in [0.25, 0.3) is 0 Å². The number of thiocarbonyl (C=S) groups is 1. The van der Waals surface area contributed by atoms with E-state index in [0.717, 1.165) is 12.0 Å². The Labute approximate surface area is 192 Å². The number of carbonyl (C=O) groups is 1. The Kier molecular flexibility index (Phi) is 7.84. The van der Waals surface area contributed by atoms with Crippen molar-refractivity contribution in [2.75, 3.05) is 20.8 Å². The van der Waals surface area contributed by atoms with Gasteiger partial charge in [-0.1, -0.05) is 18.2 Å². The predicted octanol–water partition coefficient (Wildman–Crippen LogP) is 3.06. The molecule has 168 valence electrons. The molecule has 7 nitrogen and oxygen atoms in total. The van der Waals surface area contributed by atoms with Crippen LogP contribution in [0.5, 0.6) is 11.5 Å². The number of rotatable bonds is 7. The molecule has 2 aromatic rings. The van der Waals surface area contributed by atoms with E-state index in [4.69, 9.17) is 21.7 Å². The average molecular weight is 457 g/mol. The second-order valence-electron chi connectivity index (χ2n) is 7.33. The number of nitrogens with one attached hydrogen (secondary N) is 2. The lowest BCUT2D eigenvalue weighted by Crippen LogP contribution is -2.49. The molecular weight excluding hydrogens is 431 g/mol. The molecule has 1 saturated heterocycles. The highest BCUT2D eigenvalue weighted by Crippen LogP contribution is 2.30. The first-order valence-electron chi connectivity index (χ1n) is 10.2. The van der Waals surface area contributed by atoms with Gasteiger partial charge in [0.2, 0.25) is 5.91 Å². The standard InChI is InChI=1S/C23H25FN4O3S/c1-30-20-9-8-16(12-21(20)31-2)18(13-25)27-22(29)19-7-4-10-28(19)23(32)26-14-15-5-3-6-17(24)11-15/h3,5-6,8-9,11-12,18-19H,4,7,10,14H2,1-2H3,(H,26,32)(H,27,29)/t18?,19-/m0/s1. The van der Waals surface area contributed by atoms with Gasteiger partial charge in [0.05, 0.1) is 20.3 Å². The second kappa shape index (κ2) is 10.8. The monoisotopic (exact) mass is 456 g/mol. The first-order chi connectivity index (χ1) is 15.5. The van der Waals surface area contributed by atoms with E-state index in [0.29, 0.717) is 41.7 Å². The van der Waals surface area contributed by atoms with Crippen molar-refractivity contribution in [1.82, 2.24) is 15.5 Å². The maximum atomic E-state index is 13.4. The highest BCUT2D eigenvalue weighted by Gasteiger charge is 2.33. The van der Waals surface area contributed by atoms with Gasteiger partial charge in [-0.2, -0.15) is 5.26 Å². The third kappa shape index (κ3) is 5.45. The van der Waals surface area contributed by atoms with Crippen LogP contribution in [-0.2, 0) is 11.3 Å². The molecule has 0 saturated carbocycles. The van der Waals surface area contributed by atoms with Crippen LogP contribution in [0.1, 0.15) is 30.0 Å². The zero-order chi connectivity index (χ0) is 23.1. The van der Waals surface area contributed by atoms with Crippen molar-refractivity contribution in [1.29, 1.82) is 5.26 Å². The van der Waals surface area contributed by atoms with Crippen molar-refractivity contribution >= 4 is 23.2 Å². The number of halogens is 1. The third-order valence-corrected chi connectivity index (χ3v) is 5.68. The van der Waals surface area contributed by atoms with Crippen molar-refractivity contribution in [3.63, 3.8) is 0 Å². The largest absolute Gasteiger partial charge is 0.493 e. The van der Waals surface area contributed by atoms with E-state index in [1.807, 2.05) is 4.90 Å². The molecule has 1 aliphatic rings. The number of likely N-dealkylation sites (tertiary alicyclic amines) is 1. The van der Waals surface area contributed by atoms with Crippen LogP contribution in [0.2, 0.25) is 0 Å². The van der Waals surface area contributed by atoms with Crippen LogP contribution in [0.4, 0.5) is 4.39 Å². The van der Waals surface area contributed by atoms with E-state index >= 15 is 0 Å². The molecule has 0 spiro atoms. The van der Waals surface area contributed by atoms with Crippen LogP contribution in [0, 0.1) is 17.1 Å². The molecule has 2 atom stereocenters. The van der Waals surface area contributed by atoms with Gasteiger partial charge in [0.1, 0.15) is 17.9 Å². The number of methoxy groups -OCH3 is 2. The zero-order valence-electron chi connectivity index (χ0n) is 17.9. The van der Waals surface area contributed by atoms with Gasteiger partial charge in [-0.05, 0) is 60.5 Å². The van der Waals surface area contributed by atoms with Crippen molar-refractivity contribution in [3.8, 4) is 17.6 Å². The molecule has 0 bridgehead atoms. The minimum atomic E-state index is -0.849. The highest BCUT2D eigenvalue weighted by atomic mass is 32.1. The number of nitriles is 1. The molecule has 1 amide bonds. The predicted molar refractivity (Wildman–Crippen MR) is 122 cm³/mol. The molecule has 0 aromatic heterocycles. The number of benzene rings is 2. The van der Waals surface area contributed by atoms with Crippen LogP contribution in [-0.4, -0.2) is 42.7 Å². The lowest BCUT2D eigenvalue weighted by Gasteiger charge is -2.27. The molecule has 32 heavy (non-hydrogen) atoms. The summed E-state index contributed by atoms with van der Waals surface area (Å²) in [6, 6.07) is 12.1. The van der Waals surface area contributed by atoms with E-state index in [1.165, 1.54) is 26.4 Å². The zero-order valence-corrected chi connectivity index (χ0v) is 18.7. The normalized spacial score (nSPS) is 16.1. The number of ether oxygens (including phenoxy) is 2. The van der Waals surface area contributed by atoms with Crippen molar-refractivity contribution < 1.29 is 18.7 Å². The van der Waals surface area contributed by atoms with Crippen LogP contribution in [0.3, 0.4) is 0 Å². The van der Waals surface area contributed by atoms with E-state index in [2.05, 4.69) is 16.7 Å². The number of hydrogen-bond acceptors (Lipinski definition) is 5. The molecule has 2 N–H and O–H groups in total. The van der Waals surface area contributed by atoms with Gasteiger partial charge in [-0.15, -0.1) is 0 Å². The van der Waals surface area contributed by atoms with Crippen LogP contribution < -0.4 is 20.1 Å². The Morgan fingerprint density at radius 1 is 1.28 bits per heavy atom. The Hall–Kier alpha value is -3.38. The number of carbonyl (C=O) groups excluding carboxylic acids is 1. The van der Waals surface area contributed by atoms with Gasteiger partial charge in [0, 0.05) is 13.1 Å². The Morgan fingerprint density at radius 3 is 2.75 bits per heavy atom. The SMILES string of the molecule is COc1ccc(C(C#N)NC(=O)[C@@H]2CCCN2C(=S)NCc2cccc(F)c2)cc1OC. The van der Waals surface area contributed by atoms with Crippen LogP contribution in [0.15, 0.2) is 42.5 Å². The summed E-state index contributed by atoms with van der Waals surface area (Å²) in [5.41, 5.74) is 1.35. The fraction of sp³-hybridized carbons (Fsp3) is 0.348. The third-order valence-electron chi connectivity index (χ3n) is 5.31. The van der Waals surface area contributed by atoms with Crippen LogP contribution >= 0.6 is 12.2 Å². The molecule has 0 aliphatic carbocycles. The molecule has 1 aliphatic heterocycles. The molecule has 1 unspecified atom stereocenters. The summed E-state index contributed by atoms with van der Waals surface area (Å²) in [6.07, 6.45) is 1.42. The van der Waals surface area contributed by atoms with E-state index < -0.39 is 12.1 Å². The summed E-state index contributed by atoms with van der Waals surface area (Å²) < 4.78 is 23.9. The van der Waals surface area contributed by atoms with Gasteiger partial charge >= 0.3 is 0 Å². The molecule has 1 fully saturated rings. The summed E-state index contributed by atoms with van der Waals surface area (Å²) in [7, 11) is 3.04. The molecule has 3 rings (SSSR count). The lowest BCUT2D eigenvalue weighted by atomic mass is 10.1. The minimum Gasteiger partial charge on any atom is -0.493 e. The fourth-order valence-electron chi connectivity index (χ4n) is 3.67. The summed E-state index contributed by atoms with van der Waals surface area (Å²) in [5, 5.41) is 16.0. The molecular formula is C23H25FN4O3S. The van der Waals surface area contributed by atoms with E-state index in [9.17, 15) is 14.4 Å². The highest BCUT2D eigenvalue weighted by molar-refractivity contribution is 7.80. The van der Waals surface area contributed by atoms with Gasteiger partial charge in [0.15, 0.2) is 16.6 Å². The molecule has 2 aromatic carbocycles. The first-order valence-corrected chi connectivity index (χ1v) is 10.6. The van der Waals surface area contributed by atoms with Gasteiger partial charge in [-0.25, -0.2) is 4.39 Å². The fourth-order valence-corrected chi connectivity index (χ4v) is 3.96. The van der Waals surface area contributed by atoms with Crippen molar-refractivity contribution in [2.24, 2.45) is 0 Å². The smallest absolute Gasteiger partial charge is 0.244 e. The van der Waals surface area contributed by atoms with Gasteiger partial charge in [0.25, 0.3) is 0 Å². The van der Waals surface area contributed by atoms with E-state index in [1.54, 1.807) is 30.3 Å². The first kappa shape index (κ1) is 23.3. The maximum Gasteiger partial charge on any atom is 0.244 e. The van der Waals surface area contributed by atoms with Crippen molar-refractivity contribution in [2.45, 2.75) is 31.5 Å². The Balaban J connectivity index is 1.65. The summed E-state index contributed by atoms with van der Waals surface area (Å²) in [5.74, 6) is 0.422. The maximum absolute atomic E-state index is 13.4. The molecule has 1 heterocycles. The second-order valence-corrected chi connectivity index (χ2v) is 7.71. The quantitative estimate of drug-likeness (QED) is 0.619. The summed E-state index contributed by atoms with van der Waals surface area (Å²) in [4.78, 5) is 14.8. The lowest BCUT2D eigenvalue weighted by molar-refractivity contribution is -0.124. The minimum absolute atomic E-state index is 0.279. The Bertz CT molecular complexity index is 1030. The van der Waals surface area contributed by atoms with E-state index in [-0.39, 0.29) is 11.7 Å². The topological polar surface area (TPSA) is 86.6 Å². The number of hydrogen-bond donors (Lipinski definition) is 2. The Morgan fingerprint density at radius 2 is 2.06 bits per heavy atom. The molecule has 9 heteroatoms. The average Bonchev–Trinajstić information content (AvgIpc) is 3.30. The van der Waals surface area contributed by atoms with Gasteiger partial charge in [-0.3, -0.25) is 4.79 Å².